The van der Waals surface area contributed by atoms with Gasteiger partial charge in [-0.3, -0.25) is 24.9 Å². The number of ether oxygens (including phenoxy) is 1. The number of furan rings is 1. The highest BCUT2D eigenvalue weighted by atomic mass is 16.6. The van der Waals surface area contributed by atoms with Crippen molar-refractivity contribution in [3.8, 4) is 17.1 Å². The van der Waals surface area contributed by atoms with Crippen molar-refractivity contribution in [3.05, 3.63) is 76.3 Å². The highest BCUT2D eigenvalue weighted by molar-refractivity contribution is 5.71. The minimum atomic E-state index is -0.415. The summed E-state index contributed by atoms with van der Waals surface area (Å²) in [6.07, 6.45) is 3.70. The molecule has 8 heteroatoms. The van der Waals surface area contributed by atoms with Crippen molar-refractivity contribution in [2.24, 2.45) is 0 Å². The van der Waals surface area contributed by atoms with E-state index in [1.165, 1.54) is 18.7 Å². The molecule has 2 aromatic heterocycles. The van der Waals surface area contributed by atoms with Crippen molar-refractivity contribution in [2.75, 3.05) is 33.3 Å². The Kier molecular flexibility index (Phi) is 6.06. The summed E-state index contributed by atoms with van der Waals surface area (Å²) in [7, 11) is 1.49. The van der Waals surface area contributed by atoms with Gasteiger partial charge in [-0.25, -0.2) is 0 Å². The highest BCUT2D eigenvalue weighted by Gasteiger charge is 2.21. The van der Waals surface area contributed by atoms with Gasteiger partial charge >= 0.3 is 0 Å². The third-order valence-electron chi connectivity index (χ3n) is 5.30. The number of pyridine rings is 1. The fourth-order valence-corrected chi connectivity index (χ4v) is 3.68. The van der Waals surface area contributed by atoms with Gasteiger partial charge in [-0.05, 0) is 35.9 Å². The molecule has 30 heavy (non-hydrogen) atoms. The van der Waals surface area contributed by atoms with Gasteiger partial charge in [-0.2, -0.15) is 0 Å². The number of benzene rings is 1. The SMILES string of the molecule is COc1ccc(-c2ccc(CN3CCN(Cc4cccnc4)CC3)o2)c([N+](=O)[O-])c1. The average molecular weight is 408 g/mol. The first-order valence-electron chi connectivity index (χ1n) is 9.87. The number of nitro groups is 1. The minimum absolute atomic E-state index is 0.0285. The number of hydrogen-bond acceptors (Lipinski definition) is 7. The zero-order chi connectivity index (χ0) is 20.9. The second-order valence-electron chi connectivity index (χ2n) is 7.32. The van der Waals surface area contributed by atoms with Gasteiger partial charge in [-0.15, -0.1) is 0 Å². The van der Waals surface area contributed by atoms with E-state index in [1.54, 1.807) is 24.4 Å². The molecule has 0 N–H and O–H groups in total. The third-order valence-corrected chi connectivity index (χ3v) is 5.30. The van der Waals surface area contributed by atoms with E-state index in [1.807, 2.05) is 18.3 Å². The Morgan fingerprint density at radius 1 is 1.10 bits per heavy atom. The van der Waals surface area contributed by atoms with Gasteiger partial charge in [0.1, 0.15) is 17.3 Å². The van der Waals surface area contributed by atoms with Crippen LogP contribution in [0.3, 0.4) is 0 Å². The van der Waals surface area contributed by atoms with Gasteiger partial charge in [0.2, 0.25) is 0 Å². The lowest BCUT2D eigenvalue weighted by molar-refractivity contribution is -0.384. The van der Waals surface area contributed by atoms with Crippen LogP contribution >= 0.6 is 0 Å². The molecule has 0 atom stereocenters. The second-order valence-corrected chi connectivity index (χ2v) is 7.32. The van der Waals surface area contributed by atoms with Crippen molar-refractivity contribution in [3.63, 3.8) is 0 Å². The summed E-state index contributed by atoms with van der Waals surface area (Å²) in [5.41, 5.74) is 1.65. The number of nitrogens with zero attached hydrogens (tertiary/aromatic N) is 4. The Morgan fingerprint density at radius 3 is 2.53 bits per heavy atom. The van der Waals surface area contributed by atoms with Crippen LogP contribution < -0.4 is 4.74 Å². The predicted molar refractivity (Wildman–Crippen MR) is 112 cm³/mol. The van der Waals surface area contributed by atoms with Gasteiger partial charge in [0, 0.05) is 45.1 Å². The molecule has 0 radical (unpaired) electrons. The van der Waals surface area contributed by atoms with Crippen LogP contribution in [0.2, 0.25) is 0 Å². The van der Waals surface area contributed by atoms with E-state index in [2.05, 4.69) is 20.9 Å². The predicted octanol–water partition coefficient (Wildman–Crippen LogP) is 3.58. The molecular formula is C22H24N4O4. The molecule has 3 heterocycles. The molecule has 0 amide bonds. The summed E-state index contributed by atoms with van der Waals surface area (Å²) < 4.78 is 11.0. The largest absolute Gasteiger partial charge is 0.497 e. The summed E-state index contributed by atoms with van der Waals surface area (Å²) in [4.78, 5) is 20.0. The zero-order valence-corrected chi connectivity index (χ0v) is 16.9. The topological polar surface area (TPSA) is 84.9 Å². The molecule has 0 bridgehead atoms. The normalized spacial score (nSPS) is 15.2. The number of methoxy groups -OCH3 is 1. The minimum Gasteiger partial charge on any atom is -0.497 e. The van der Waals surface area contributed by atoms with Crippen LogP contribution in [0.15, 0.2) is 59.3 Å². The fraction of sp³-hybridized carbons (Fsp3) is 0.318. The Bertz CT molecular complexity index is 997. The van der Waals surface area contributed by atoms with Crippen molar-refractivity contribution >= 4 is 5.69 Å². The molecule has 1 aromatic carbocycles. The molecule has 0 spiro atoms. The molecule has 156 valence electrons. The lowest BCUT2D eigenvalue weighted by Crippen LogP contribution is -2.45. The van der Waals surface area contributed by atoms with Crippen LogP contribution in [0.4, 0.5) is 5.69 Å². The second kappa shape index (κ2) is 9.06. The van der Waals surface area contributed by atoms with Crippen LogP contribution in [0, 0.1) is 10.1 Å². The summed E-state index contributed by atoms with van der Waals surface area (Å²) in [5.74, 6) is 1.74. The van der Waals surface area contributed by atoms with E-state index in [0.717, 1.165) is 38.5 Å². The van der Waals surface area contributed by atoms with Crippen molar-refractivity contribution in [1.82, 2.24) is 14.8 Å². The Balaban J connectivity index is 1.37. The van der Waals surface area contributed by atoms with Crippen LogP contribution in [-0.4, -0.2) is 53.0 Å². The molecule has 8 nitrogen and oxygen atoms in total. The molecule has 0 unspecified atom stereocenters. The quantitative estimate of drug-likeness (QED) is 0.436. The Hall–Kier alpha value is -3.23. The Labute approximate surface area is 174 Å². The van der Waals surface area contributed by atoms with E-state index < -0.39 is 4.92 Å². The maximum atomic E-state index is 11.4. The van der Waals surface area contributed by atoms with E-state index in [0.29, 0.717) is 23.6 Å². The van der Waals surface area contributed by atoms with Crippen molar-refractivity contribution < 1.29 is 14.1 Å². The Morgan fingerprint density at radius 2 is 1.87 bits per heavy atom. The van der Waals surface area contributed by atoms with Gasteiger partial charge in [-0.1, -0.05) is 6.07 Å². The zero-order valence-electron chi connectivity index (χ0n) is 16.9. The summed E-state index contributed by atoms with van der Waals surface area (Å²) in [6.45, 7) is 5.44. The molecule has 0 saturated carbocycles. The molecule has 1 aliphatic heterocycles. The smallest absolute Gasteiger partial charge is 0.284 e. The molecule has 1 fully saturated rings. The molecular weight excluding hydrogens is 384 g/mol. The first kappa shape index (κ1) is 20.1. The van der Waals surface area contributed by atoms with E-state index in [-0.39, 0.29) is 5.69 Å². The van der Waals surface area contributed by atoms with Gasteiger partial charge in [0.15, 0.2) is 0 Å². The van der Waals surface area contributed by atoms with Crippen LogP contribution in [0.25, 0.3) is 11.3 Å². The number of hydrogen-bond donors (Lipinski definition) is 0. The molecule has 1 saturated heterocycles. The first-order chi connectivity index (χ1) is 14.6. The standard InChI is InChI=1S/C22H24N4O4/c1-29-18-4-6-20(21(13-18)26(27)28)22-7-5-19(30-22)16-25-11-9-24(10-12-25)15-17-3-2-8-23-14-17/h2-8,13-14H,9-12,15-16H2,1H3. The molecule has 3 aromatic rings. The van der Waals surface area contributed by atoms with E-state index >= 15 is 0 Å². The van der Waals surface area contributed by atoms with E-state index in [4.69, 9.17) is 9.15 Å². The molecule has 1 aliphatic rings. The maximum Gasteiger partial charge on any atom is 0.284 e. The monoisotopic (exact) mass is 408 g/mol. The number of rotatable bonds is 7. The van der Waals surface area contributed by atoms with Gasteiger partial charge in [0.25, 0.3) is 5.69 Å². The summed E-state index contributed by atoms with van der Waals surface area (Å²) >= 11 is 0. The van der Waals surface area contributed by atoms with Crippen molar-refractivity contribution in [1.29, 1.82) is 0 Å². The fourth-order valence-electron chi connectivity index (χ4n) is 3.68. The lowest BCUT2D eigenvalue weighted by atomic mass is 10.1. The number of aromatic nitrogens is 1. The average Bonchev–Trinajstić information content (AvgIpc) is 3.23. The number of nitro benzene ring substituents is 1. The molecule has 0 aliphatic carbocycles. The summed E-state index contributed by atoms with van der Waals surface area (Å²) in [5, 5.41) is 11.4. The number of piperazine rings is 1. The lowest BCUT2D eigenvalue weighted by Gasteiger charge is -2.34. The van der Waals surface area contributed by atoms with Crippen LogP contribution in [0.1, 0.15) is 11.3 Å². The van der Waals surface area contributed by atoms with Crippen LogP contribution in [-0.2, 0) is 13.1 Å². The van der Waals surface area contributed by atoms with Gasteiger partial charge < -0.3 is 9.15 Å². The van der Waals surface area contributed by atoms with E-state index in [9.17, 15) is 10.1 Å². The van der Waals surface area contributed by atoms with Crippen molar-refractivity contribution in [2.45, 2.75) is 13.1 Å². The third kappa shape index (κ3) is 4.67. The maximum absolute atomic E-state index is 11.4. The first-order valence-corrected chi connectivity index (χ1v) is 9.87. The van der Waals surface area contributed by atoms with Gasteiger partial charge in [0.05, 0.1) is 30.2 Å². The van der Waals surface area contributed by atoms with Crippen LogP contribution in [0.5, 0.6) is 5.75 Å². The highest BCUT2D eigenvalue weighted by Crippen LogP contribution is 2.34. The molecule has 4 rings (SSSR count). The summed E-state index contributed by atoms with van der Waals surface area (Å²) in [6, 6.07) is 12.5.